The summed E-state index contributed by atoms with van der Waals surface area (Å²) in [5.74, 6) is -0.421. The van der Waals surface area contributed by atoms with Gasteiger partial charge in [-0.1, -0.05) is 41.5 Å². The molecule has 6 bridgehead atoms. The maximum absolute atomic E-state index is 14.3. The van der Waals surface area contributed by atoms with Crippen molar-refractivity contribution in [3.05, 3.63) is 0 Å². The monoisotopic (exact) mass is 1060 g/mol. The summed E-state index contributed by atoms with van der Waals surface area (Å²) in [5, 5.41) is 9.31. The summed E-state index contributed by atoms with van der Waals surface area (Å²) in [6.07, 6.45) is 10.9. The number of amides is 3. The molecule has 422 valence electrons. The lowest BCUT2D eigenvalue weighted by Crippen LogP contribution is -2.70. The average molecular weight is 1060 g/mol. The zero-order chi connectivity index (χ0) is 52.5. The highest BCUT2D eigenvalue weighted by Gasteiger charge is 2.72. The molecule has 3 amide bonds. The Balaban J connectivity index is 0.688. The Kier molecular flexibility index (Phi) is 14.2. The number of fused-ring (bicyclic) bond motifs is 6. The van der Waals surface area contributed by atoms with Gasteiger partial charge in [-0.25, -0.2) is 29.3 Å². The first-order valence-corrected chi connectivity index (χ1v) is 29.7. The molecule has 15 rings (SSSR count). The topological polar surface area (TPSA) is 198 Å². The molecule has 12 saturated heterocycles. The molecule has 0 aromatic carbocycles. The molecule has 18 heteroatoms. The maximum Gasteiger partial charge on any atom is 0.242 e. The van der Waals surface area contributed by atoms with Gasteiger partial charge < -0.3 is 44.4 Å². The molecule has 12 heterocycles. The van der Waals surface area contributed by atoms with Gasteiger partial charge in [0.1, 0.15) is 6.04 Å². The minimum absolute atomic E-state index is 0.0397. The highest BCUT2D eigenvalue weighted by Crippen LogP contribution is 2.64. The van der Waals surface area contributed by atoms with E-state index in [1.807, 2.05) is 20.8 Å². The van der Waals surface area contributed by atoms with Crippen molar-refractivity contribution in [1.29, 1.82) is 0 Å². The molecule has 3 saturated carbocycles. The van der Waals surface area contributed by atoms with Gasteiger partial charge in [-0.15, -0.1) is 0 Å². The molecular formula is C57H89N3O15. The van der Waals surface area contributed by atoms with E-state index in [4.69, 9.17) is 57.7 Å². The SMILES string of the molecule is C[C@H]1[C@@H](CCNC(=O)CC[C@H](NC(=O)CC[C@H]2O[C@@H]3O[C@@]4(C)CC[C@H]5[C@H](C)CC[C@@H]([C@H]2C)[C@@]35OO4)C(=O)NCC[C@H]2O[C@@H]3O[C@@]4(C)CC[C@H]5[C@H](C)CC[C@@H]([C@H]2C)[C@@]35OO4)O[C@@H]2O[C@@]3(C)CC[C@H]4[C@H](C)CC[C@@H]1[C@@]24OO3. The molecular weight excluding hydrogens is 967 g/mol. The van der Waals surface area contributed by atoms with E-state index < -0.39 is 59.1 Å². The van der Waals surface area contributed by atoms with Crippen molar-refractivity contribution in [2.75, 3.05) is 13.1 Å². The predicted octanol–water partition coefficient (Wildman–Crippen LogP) is 7.80. The molecule has 15 fully saturated rings. The molecule has 25 atom stereocenters. The van der Waals surface area contributed by atoms with E-state index in [0.29, 0.717) is 50.1 Å². The molecule has 15 aliphatic rings. The molecule has 18 nitrogen and oxygen atoms in total. The maximum atomic E-state index is 14.3. The molecule has 0 unspecified atom stereocenters. The number of hydrogen-bond acceptors (Lipinski definition) is 15. The lowest BCUT2D eigenvalue weighted by molar-refractivity contribution is -0.571. The normalized spacial score (nSPS) is 52.4. The molecule has 75 heavy (non-hydrogen) atoms. The van der Waals surface area contributed by atoms with Crippen LogP contribution in [0.15, 0.2) is 0 Å². The van der Waals surface area contributed by atoms with Gasteiger partial charge in [0.25, 0.3) is 0 Å². The second kappa shape index (κ2) is 19.9. The van der Waals surface area contributed by atoms with Gasteiger partial charge in [0.15, 0.2) is 35.7 Å². The first kappa shape index (κ1) is 53.6. The summed E-state index contributed by atoms with van der Waals surface area (Å²) in [6, 6.07) is -0.950. The lowest BCUT2D eigenvalue weighted by atomic mass is 9.57. The van der Waals surface area contributed by atoms with Crippen LogP contribution in [0.3, 0.4) is 0 Å². The Hall–Kier alpha value is -2.07. The van der Waals surface area contributed by atoms with E-state index in [1.165, 1.54) is 0 Å². The van der Waals surface area contributed by atoms with Gasteiger partial charge in [-0.05, 0) is 158 Å². The summed E-state index contributed by atoms with van der Waals surface area (Å²) in [7, 11) is 0. The third-order valence-electron chi connectivity index (χ3n) is 22.3. The minimum Gasteiger partial charge on any atom is -0.356 e. The summed E-state index contributed by atoms with van der Waals surface area (Å²) in [5.41, 5.74) is -2.00. The first-order chi connectivity index (χ1) is 35.8. The lowest BCUT2D eigenvalue weighted by Gasteiger charge is -2.60. The Morgan fingerprint density at radius 1 is 0.453 bits per heavy atom. The van der Waals surface area contributed by atoms with E-state index in [9.17, 15) is 14.4 Å². The van der Waals surface area contributed by atoms with Crippen LogP contribution >= 0.6 is 0 Å². The molecule has 0 radical (unpaired) electrons. The van der Waals surface area contributed by atoms with Gasteiger partial charge in [0, 0.05) is 62.9 Å². The summed E-state index contributed by atoms with van der Waals surface area (Å²) < 4.78 is 40.2. The number of rotatable bonds is 14. The van der Waals surface area contributed by atoms with Crippen molar-refractivity contribution in [3.63, 3.8) is 0 Å². The fraction of sp³-hybridized carbons (Fsp3) is 0.947. The Labute approximate surface area is 443 Å². The largest absolute Gasteiger partial charge is 0.356 e. The number of carbonyl (C=O) groups is 3. The van der Waals surface area contributed by atoms with Crippen molar-refractivity contribution in [2.24, 2.45) is 71.0 Å². The fourth-order valence-electron chi connectivity index (χ4n) is 17.9. The molecule has 12 aliphatic heterocycles. The van der Waals surface area contributed by atoms with Crippen molar-refractivity contribution in [3.8, 4) is 0 Å². The molecule has 3 aliphatic carbocycles. The average Bonchev–Trinajstić information content (AvgIpc) is 3.86. The van der Waals surface area contributed by atoms with E-state index in [1.54, 1.807) is 0 Å². The predicted molar refractivity (Wildman–Crippen MR) is 266 cm³/mol. The first-order valence-electron chi connectivity index (χ1n) is 29.7. The second-order valence-corrected chi connectivity index (χ2v) is 26.7. The fourth-order valence-corrected chi connectivity index (χ4v) is 17.9. The summed E-state index contributed by atoms with van der Waals surface area (Å²) >= 11 is 0. The number of hydrogen-bond donors (Lipinski definition) is 3. The third-order valence-corrected chi connectivity index (χ3v) is 22.3. The van der Waals surface area contributed by atoms with E-state index in [2.05, 4.69) is 57.5 Å². The quantitative estimate of drug-likeness (QED) is 0.142. The zero-order valence-corrected chi connectivity index (χ0v) is 46.2. The molecule has 3 spiro atoms. The summed E-state index contributed by atoms with van der Waals surface area (Å²) in [6.45, 7) is 20.0. The number of carbonyl (C=O) groups excluding carboxylic acids is 3. The Morgan fingerprint density at radius 2 is 0.840 bits per heavy atom. The van der Waals surface area contributed by atoms with Crippen LogP contribution in [0, 0.1) is 71.0 Å². The number of nitrogens with one attached hydrogen (secondary N) is 3. The van der Waals surface area contributed by atoms with Crippen LogP contribution in [0.4, 0.5) is 0 Å². The van der Waals surface area contributed by atoms with Crippen molar-refractivity contribution < 1.29 is 72.1 Å². The minimum atomic E-state index is -0.950. The van der Waals surface area contributed by atoms with Crippen LogP contribution in [0.1, 0.15) is 178 Å². The Bertz CT molecular complexity index is 2160. The van der Waals surface area contributed by atoms with Crippen LogP contribution in [0.5, 0.6) is 0 Å². The van der Waals surface area contributed by atoms with Crippen LogP contribution in [-0.4, -0.2) is 108 Å². The molecule has 0 aromatic heterocycles. The number of ether oxygens (including phenoxy) is 6. The van der Waals surface area contributed by atoms with Gasteiger partial charge in [-0.2, -0.15) is 0 Å². The standard InChI is InChI=1S/C57H89N3O15/c1-30-10-13-39-33(4)43(64-49-55(39)36(30)20-25-52(7,67-49)70-73-55)17-19-47(62)60-42(48(63)59-29-24-45-35(6)41-15-12-32(3)38-22-27-54(9)69-51(66-45)57(38,41)75-72-54)16-18-46(61)58-28-23-44-34(5)40-14-11-31(2)37-21-26-53(8)68-50(65-44)56(37,40)74-71-53/h30-45,49-51H,10-29H2,1-9H3,(H,58,61)(H,59,63)(H,60,62)/t30-,31-,32-,33-,34-,35-,36+,37+,38+,39+,40+,41+,42+,43-,44-,45-,49-,50-,51-,52-,53-,54-,55-,56-,57-/m1/s1. The van der Waals surface area contributed by atoms with Gasteiger partial charge in [-0.3, -0.25) is 14.4 Å². The van der Waals surface area contributed by atoms with Crippen molar-refractivity contribution >= 4 is 17.7 Å². The molecule has 3 N–H and O–H groups in total. The van der Waals surface area contributed by atoms with Gasteiger partial charge >= 0.3 is 0 Å². The Morgan fingerprint density at radius 3 is 1.25 bits per heavy atom. The summed E-state index contributed by atoms with van der Waals surface area (Å²) in [4.78, 5) is 79.3. The highest BCUT2D eigenvalue weighted by molar-refractivity contribution is 5.88. The van der Waals surface area contributed by atoms with E-state index in [-0.39, 0.29) is 109 Å². The van der Waals surface area contributed by atoms with Crippen LogP contribution in [0.2, 0.25) is 0 Å². The zero-order valence-electron chi connectivity index (χ0n) is 46.2. The highest BCUT2D eigenvalue weighted by atomic mass is 17.3. The van der Waals surface area contributed by atoms with Crippen molar-refractivity contribution in [1.82, 2.24) is 16.0 Å². The van der Waals surface area contributed by atoms with Gasteiger partial charge in [0.2, 0.25) is 35.1 Å². The third kappa shape index (κ3) is 8.89. The van der Waals surface area contributed by atoms with Crippen LogP contribution < -0.4 is 16.0 Å². The van der Waals surface area contributed by atoms with Crippen LogP contribution in [0.25, 0.3) is 0 Å². The molecule has 0 aromatic rings. The van der Waals surface area contributed by atoms with E-state index >= 15 is 0 Å². The van der Waals surface area contributed by atoms with Gasteiger partial charge in [0.05, 0.1) is 18.3 Å². The second-order valence-electron chi connectivity index (χ2n) is 26.7. The smallest absolute Gasteiger partial charge is 0.242 e. The van der Waals surface area contributed by atoms with E-state index in [0.717, 1.165) is 77.0 Å². The van der Waals surface area contributed by atoms with Crippen LogP contribution in [-0.2, 0) is 72.1 Å². The van der Waals surface area contributed by atoms with Crippen molar-refractivity contribution in [2.45, 2.75) is 255 Å².